The van der Waals surface area contributed by atoms with Crippen LogP contribution < -0.4 is 0 Å². The molecule has 0 amide bonds. The summed E-state index contributed by atoms with van der Waals surface area (Å²) in [6.45, 7) is 0. The largest absolute Gasteiger partial charge is 0.457 e. The number of nitro groups is 1. The number of non-ortho nitro benzene ring substituents is 1. The number of Topliss-reactive ketones (excluding diaryl/α,β-unsaturated/α-hetero) is 1. The Kier molecular flexibility index (Phi) is 3.54. The van der Waals surface area contributed by atoms with Gasteiger partial charge in [-0.3, -0.25) is 14.9 Å². The zero-order chi connectivity index (χ0) is 17.4. The van der Waals surface area contributed by atoms with Crippen molar-refractivity contribution in [3.05, 3.63) is 93.2 Å². The van der Waals surface area contributed by atoms with Crippen molar-refractivity contribution >= 4 is 17.5 Å². The van der Waals surface area contributed by atoms with Gasteiger partial charge in [-0.05, 0) is 23.8 Å². The summed E-state index contributed by atoms with van der Waals surface area (Å²) in [7, 11) is 0. The molecular formula is C20H13NO4. The molecule has 5 heteroatoms. The van der Waals surface area contributed by atoms with Crippen LogP contribution in [0.25, 0.3) is 17.4 Å². The van der Waals surface area contributed by atoms with Gasteiger partial charge in [0.05, 0.1) is 4.92 Å². The molecule has 4 rings (SSSR count). The second kappa shape index (κ2) is 5.87. The fourth-order valence-corrected chi connectivity index (χ4v) is 3.00. The van der Waals surface area contributed by atoms with Gasteiger partial charge in [-0.2, -0.15) is 0 Å². The third-order valence-electron chi connectivity index (χ3n) is 4.22. The number of benzene rings is 2. The van der Waals surface area contributed by atoms with Crippen LogP contribution in [0.1, 0.15) is 21.7 Å². The number of carbonyl (C=O) groups excluding carboxylic acids is 1. The molecule has 1 aliphatic rings. The van der Waals surface area contributed by atoms with Crippen molar-refractivity contribution in [2.75, 3.05) is 0 Å². The molecule has 3 aromatic rings. The number of hydrogen-bond acceptors (Lipinski definition) is 4. The maximum absolute atomic E-state index is 12.4. The van der Waals surface area contributed by atoms with Gasteiger partial charge in [-0.1, -0.05) is 36.4 Å². The van der Waals surface area contributed by atoms with Crippen LogP contribution in [0.3, 0.4) is 0 Å². The van der Waals surface area contributed by atoms with Crippen molar-refractivity contribution in [1.29, 1.82) is 0 Å². The number of hydrogen-bond donors (Lipinski definition) is 0. The second-order valence-electron chi connectivity index (χ2n) is 5.84. The highest BCUT2D eigenvalue weighted by atomic mass is 16.6. The minimum atomic E-state index is -0.441. The van der Waals surface area contributed by atoms with E-state index in [1.165, 1.54) is 12.1 Å². The highest BCUT2D eigenvalue weighted by Gasteiger charge is 2.24. The molecule has 0 fully saturated rings. The van der Waals surface area contributed by atoms with E-state index in [2.05, 4.69) is 0 Å². The number of nitrogens with zero attached hydrogens (tertiary/aromatic N) is 1. The lowest BCUT2D eigenvalue weighted by Gasteiger charge is -1.97. The predicted molar refractivity (Wildman–Crippen MR) is 93.3 cm³/mol. The van der Waals surface area contributed by atoms with Gasteiger partial charge in [0, 0.05) is 35.3 Å². The monoisotopic (exact) mass is 331 g/mol. The predicted octanol–water partition coefficient (Wildman–Crippen LogP) is 4.68. The fraction of sp³-hybridized carbons (Fsp3) is 0.0500. The molecule has 2 aromatic carbocycles. The molecule has 0 radical (unpaired) electrons. The van der Waals surface area contributed by atoms with E-state index in [0.717, 1.165) is 11.1 Å². The van der Waals surface area contributed by atoms with Crippen molar-refractivity contribution in [3.63, 3.8) is 0 Å². The average molecular weight is 331 g/mol. The second-order valence-corrected chi connectivity index (χ2v) is 5.84. The van der Waals surface area contributed by atoms with Gasteiger partial charge in [0.1, 0.15) is 11.5 Å². The van der Waals surface area contributed by atoms with Crippen LogP contribution in [0, 0.1) is 10.1 Å². The SMILES string of the molecule is O=C1/C(=C/c2ccc(-c3cccc([N+](=O)[O-])c3)o2)Cc2ccccc21. The number of allylic oxidation sites excluding steroid dienone is 1. The molecule has 0 atom stereocenters. The number of fused-ring (bicyclic) bond motifs is 1. The Labute approximate surface area is 143 Å². The quantitative estimate of drug-likeness (QED) is 0.397. The van der Waals surface area contributed by atoms with E-state index in [1.54, 1.807) is 30.3 Å². The van der Waals surface area contributed by atoms with E-state index in [9.17, 15) is 14.9 Å². The molecule has 25 heavy (non-hydrogen) atoms. The van der Waals surface area contributed by atoms with Crippen LogP contribution >= 0.6 is 0 Å². The normalized spacial score (nSPS) is 14.7. The number of furan rings is 1. The van der Waals surface area contributed by atoms with Crippen LogP contribution in [0.15, 0.2) is 70.7 Å². The Morgan fingerprint density at radius 1 is 1.04 bits per heavy atom. The van der Waals surface area contributed by atoms with Crippen molar-refractivity contribution < 1.29 is 14.1 Å². The average Bonchev–Trinajstić information content (AvgIpc) is 3.21. The Morgan fingerprint density at radius 3 is 2.68 bits per heavy atom. The summed E-state index contributed by atoms with van der Waals surface area (Å²) in [6.07, 6.45) is 2.32. The van der Waals surface area contributed by atoms with Crippen LogP contribution in [0.4, 0.5) is 5.69 Å². The highest BCUT2D eigenvalue weighted by Crippen LogP contribution is 2.30. The first-order valence-electron chi connectivity index (χ1n) is 7.79. The molecule has 0 saturated heterocycles. The molecule has 0 unspecified atom stereocenters. The lowest BCUT2D eigenvalue weighted by molar-refractivity contribution is -0.384. The maximum atomic E-state index is 12.4. The van der Waals surface area contributed by atoms with Crippen LogP contribution in [0.5, 0.6) is 0 Å². The summed E-state index contributed by atoms with van der Waals surface area (Å²) >= 11 is 0. The van der Waals surface area contributed by atoms with Crippen LogP contribution in [-0.4, -0.2) is 10.7 Å². The molecule has 0 bridgehead atoms. The Hall–Kier alpha value is -3.47. The Bertz CT molecular complexity index is 1030. The third-order valence-corrected chi connectivity index (χ3v) is 4.22. The van der Waals surface area contributed by atoms with Gasteiger partial charge in [0.2, 0.25) is 0 Å². The van der Waals surface area contributed by atoms with Crippen molar-refractivity contribution in [3.8, 4) is 11.3 Å². The first kappa shape index (κ1) is 15.1. The zero-order valence-electron chi connectivity index (χ0n) is 13.1. The first-order valence-corrected chi connectivity index (χ1v) is 7.79. The van der Waals surface area contributed by atoms with Gasteiger partial charge < -0.3 is 4.42 Å². The molecule has 1 aliphatic carbocycles. The summed E-state index contributed by atoms with van der Waals surface area (Å²) in [5.41, 5.74) is 3.07. The molecule has 0 aliphatic heterocycles. The number of carbonyl (C=O) groups is 1. The summed E-state index contributed by atoms with van der Waals surface area (Å²) in [4.78, 5) is 22.9. The summed E-state index contributed by atoms with van der Waals surface area (Å²) in [6, 6.07) is 17.3. The molecule has 5 nitrogen and oxygen atoms in total. The van der Waals surface area contributed by atoms with Gasteiger partial charge in [-0.15, -0.1) is 0 Å². The first-order chi connectivity index (χ1) is 12.1. The van der Waals surface area contributed by atoms with Gasteiger partial charge in [0.15, 0.2) is 5.78 Å². The van der Waals surface area contributed by atoms with Gasteiger partial charge >= 0.3 is 0 Å². The fourth-order valence-electron chi connectivity index (χ4n) is 3.00. The van der Waals surface area contributed by atoms with Crippen LogP contribution in [-0.2, 0) is 6.42 Å². The number of rotatable bonds is 3. The van der Waals surface area contributed by atoms with Crippen molar-refractivity contribution in [2.24, 2.45) is 0 Å². The van der Waals surface area contributed by atoms with E-state index < -0.39 is 4.92 Å². The maximum Gasteiger partial charge on any atom is 0.270 e. The van der Waals surface area contributed by atoms with Crippen molar-refractivity contribution in [1.82, 2.24) is 0 Å². The minimum Gasteiger partial charge on any atom is -0.457 e. The van der Waals surface area contributed by atoms with E-state index >= 15 is 0 Å². The Balaban J connectivity index is 1.64. The lowest BCUT2D eigenvalue weighted by atomic mass is 10.1. The van der Waals surface area contributed by atoms with E-state index in [4.69, 9.17) is 4.42 Å². The molecule has 0 N–H and O–H groups in total. The minimum absolute atomic E-state index is 0.00947. The summed E-state index contributed by atoms with van der Waals surface area (Å²) < 4.78 is 5.76. The zero-order valence-corrected chi connectivity index (χ0v) is 13.1. The van der Waals surface area contributed by atoms with Crippen molar-refractivity contribution in [2.45, 2.75) is 6.42 Å². The van der Waals surface area contributed by atoms with E-state index in [-0.39, 0.29) is 11.5 Å². The third kappa shape index (κ3) is 2.76. The number of ketones is 1. The summed E-state index contributed by atoms with van der Waals surface area (Å²) in [5.74, 6) is 1.10. The van der Waals surface area contributed by atoms with E-state index in [1.807, 2.05) is 24.3 Å². The smallest absolute Gasteiger partial charge is 0.270 e. The molecule has 1 aromatic heterocycles. The number of nitro benzene ring substituents is 1. The highest BCUT2D eigenvalue weighted by molar-refractivity contribution is 6.15. The molecule has 0 spiro atoms. The van der Waals surface area contributed by atoms with Crippen LogP contribution in [0.2, 0.25) is 0 Å². The molecule has 122 valence electrons. The summed E-state index contributed by atoms with van der Waals surface area (Å²) in [5, 5.41) is 10.9. The van der Waals surface area contributed by atoms with Gasteiger partial charge in [-0.25, -0.2) is 0 Å². The van der Waals surface area contributed by atoms with Gasteiger partial charge in [0.25, 0.3) is 5.69 Å². The Morgan fingerprint density at radius 2 is 1.88 bits per heavy atom. The molecule has 1 heterocycles. The molecule has 0 saturated carbocycles. The standard InChI is InChI=1S/C20H13NO4/c22-20-15(10-13-4-1-2-7-18(13)20)12-17-8-9-19(25-17)14-5-3-6-16(11-14)21(23)24/h1-9,11-12H,10H2/b15-12+. The molecular weight excluding hydrogens is 318 g/mol. The van der Waals surface area contributed by atoms with E-state index in [0.29, 0.717) is 29.1 Å². The lowest BCUT2D eigenvalue weighted by Crippen LogP contribution is -1.94. The topological polar surface area (TPSA) is 73.3 Å².